The van der Waals surface area contributed by atoms with Crippen molar-refractivity contribution in [3.05, 3.63) is 364 Å². The third kappa shape index (κ3) is 10.5. The van der Waals surface area contributed by atoms with E-state index in [1.807, 2.05) is 30.6 Å². The molecule has 10 heteroatoms. The fraction of sp³-hybridized carbons (Fsp3) is 0. The van der Waals surface area contributed by atoms with Gasteiger partial charge in [-0.2, -0.15) is 0 Å². The van der Waals surface area contributed by atoms with Crippen molar-refractivity contribution in [1.82, 2.24) is 19.9 Å². The van der Waals surface area contributed by atoms with Crippen LogP contribution in [0, 0.1) is 0 Å². The van der Waals surface area contributed by atoms with Gasteiger partial charge in [0.1, 0.15) is 65.4 Å². The second-order valence-corrected chi connectivity index (χ2v) is 32.6. The molecule has 0 aliphatic rings. The van der Waals surface area contributed by atoms with Gasteiger partial charge in [0.25, 0.3) is 0 Å². The summed E-state index contributed by atoms with van der Waals surface area (Å²) >= 11 is 3.36. The van der Waals surface area contributed by atoms with Gasteiger partial charge >= 0.3 is 0 Å². The molecule has 0 saturated carbocycles. The summed E-state index contributed by atoms with van der Waals surface area (Å²) in [6.45, 7) is 0. The highest BCUT2D eigenvalue weighted by Gasteiger charge is 2.24. The highest BCUT2D eigenvalue weighted by Crippen LogP contribution is 2.48. The van der Waals surface area contributed by atoms with Crippen LogP contribution in [0.5, 0.6) is 0 Å². The molecule has 0 fully saturated rings. The molecule has 26 aromatic rings. The van der Waals surface area contributed by atoms with Crippen LogP contribution in [0.2, 0.25) is 0 Å². The fourth-order valence-corrected chi connectivity index (χ4v) is 20.2. The van der Waals surface area contributed by atoms with Gasteiger partial charge < -0.3 is 17.7 Å². The Kier molecular flexibility index (Phi) is 14.7. The lowest BCUT2D eigenvalue weighted by molar-refractivity contribution is 0.670. The lowest BCUT2D eigenvalue weighted by Gasteiger charge is -2.10. The molecule has 0 spiro atoms. The number of fused-ring (bicyclic) bond motifs is 26. The second-order valence-electron chi connectivity index (χ2n) is 30.6. The number of hydrogen-bond donors (Lipinski definition) is 0. The molecule has 0 amide bonds. The van der Waals surface area contributed by atoms with Gasteiger partial charge in [0.15, 0.2) is 0 Å². The first-order chi connectivity index (χ1) is 58.4. The number of para-hydroxylation sites is 4. The number of benzene rings is 18. The Bertz CT molecular complexity index is 8250. The summed E-state index contributed by atoms with van der Waals surface area (Å²) in [6.07, 6.45) is 3.80. The van der Waals surface area contributed by atoms with Crippen molar-refractivity contribution < 1.29 is 17.7 Å². The monoisotopic (exact) mass is 1540 g/mol. The van der Waals surface area contributed by atoms with Gasteiger partial charge in [0.2, 0.25) is 0 Å². The van der Waals surface area contributed by atoms with Crippen molar-refractivity contribution in [3.8, 4) is 89.3 Å². The maximum Gasteiger partial charge on any atom is 0.143 e. The van der Waals surface area contributed by atoms with Crippen molar-refractivity contribution in [2.24, 2.45) is 0 Å². The molecule has 0 aliphatic carbocycles. The first-order valence-electron chi connectivity index (χ1n) is 39.6. The van der Waals surface area contributed by atoms with Crippen LogP contribution >= 0.6 is 22.7 Å². The van der Waals surface area contributed by atoms with E-state index in [1.165, 1.54) is 43.1 Å². The molecule has 0 bridgehead atoms. The lowest BCUT2D eigenvalue weighted by atomic mass is 9.94. The Labute approximate surface area is 680 Å². The number of aromatic nitrogens is 4. The van der Waals surface area contributed by atoms with Crippen molar-refractivity contribution in [3.63, 3.8) is 0 Å². The summed E-state index contributed by atoms with van der Waals surface area (Å²) in [4.78, 5) is 22.4. The van der Waals surface area contributed by atoms with Gasteiger partial charge in [-0.25, -0.2) is 19.9 Å². The molecule has 0 saturated heterocycles. The first kappa shape index (κ1) is 66.3. The van der Waals surface area contributed by atoms with Crippen LogP contribution in [0.1, 0.15) is 0 Å². The van der Waals surface area contributed by atoms with E-state index in [-0.39, 0.29) is 0 Å². The van der Waals surface area contributed by atoms with E-state index in [4.69, 9.17) is 37.6 Å². The Morgan fingerprint density at radius 3 is 0.992 bits per heavy atom. The van der Waals surface area contributed by atoms with Crippen LogP contribution in [-0.4, -0.2) is 19.9 Å². The maximum absolute atomic E-state index is 6.60. The van der Waals surface area contributed by atoms with E-state index in [2.05, 4.69) is 334 Å². The van der Waals surface area contributed by atoms with Gasteiger partial charge in [-0.1, -0.05) is 267 Å². The van der Waals surface area contributed by atoms with Gasteiger partial charge in [-0.15, -0.1) is 22.7 Å². The van der Waals surface area contributed by atoms with Gasteiger partial charge in [0, 0.05) is 96.6 Å². The average Bonchev–Trinajstić information content (AvgIpc) is 1.51. The van der Waals surface area contributed by atoms with E-state index < -0.39 is 0 Å². The molecule has 8 nitrogen and oxygen atoms in total. The summed E-state index contributed by atoms with van der Waals surface area (Å²) in [6, 6.07) is 125. The largest absolute Gasteiger partial charge is 0.455 e. The van der Waals surface area contributed by atoms with Crippen molar-refractivity contribution in [2.75, 3.05) is 0 Å². The molecule has 0 radical (unpaired) electrons. The SMILES string of the molecule is c1cc(-c2ccc3sc4ncc(-c5cccc(-c6cc7ccccc7c7c6oc6ccccc67)c5)nc4c3c2)cc(-c2cc3ccccc3c3c2oc2ccccc23)c1.c1cc(-c2ccc3sc4ncc(-c5cccc(-c6cccc7c6oc6ccc8ccccc8c67)c5)nc4c3c2)cc(-c2cccc3c2oc2ccc4ccccc4c23)c1. The predicted octanol–water partition coefficient (Wildman–Crippen LogP) is 31.2. The Balaban J connectivity index is 0.000000131. The van der Waals surface area contributed by atoms with E-state index in [9.17, 15) is 0 Å². The third-order valence-electron chi connectivity index (χ3n) is 23.8. The lowest BCUT2D eigenvalue weighted by Crippen LogP contribution is -1.88. The summed E-state index contributed by atoms with van der Waals surface area (Å²) in [5, 5.41) is 20.9. The average molecular weight is 1540 g/mol. The normalized spacial score (nSPS) is 12.1. The van der Waals surface area contributed by atoms with Crippen LogP contribution in [0.3, 0.4) is 0 Å². The highest BCUT2D eigenvalue weighted by molar-refractivity contribution is 7.25. The summed E-state index contributed by atoms with van der Waals surface area (Å²) < 4.78 is 28.7. The number of rotatable bonds is 8. The van der Waals surface area contributed by atoms with E-state index in [1.54, 1.807) is 22.7 Å². The van der Waals surface area contributed by atoms with Crippen molar-refractivity contribution >= 4 is 194 Å². The molecule has 548 valence electrons. The van der Waals surface area contributed by atoms with E-state index in [0.29, 0.717) is 0 Å². The zero-order valence-electron chi connectivity index (χ0n) is 62.9. The van der Waals surface area contributed by atoms with Crippen LogP contribution in [0.15, 0.2) is 382 Å². The maximum atomic E-state index is 6.60. The molecule has 18 aromatic carbocycles. The van der Waals surface area contributed by atoms with Crippen molar-refractivity contribution in [1.29, 1.82) is 0 Å². The quantitative estimate of drug-likeness (QED) is 0.148. The Morgan fingerprint density at radius 1 is 0.203 bits per heavy atom. The summed E-state index contributed by atoms with van der Waals surface area (Å²) in [7, 11) is 0. The molecule has 26 rings (SSSR count). The Hall–Kier alpha value is -15.2. The highest BCUT2D eigenvalue weighted by atomic mass is 32.1. The summed E-state index contributed by atoms with van der Waals surface area (Å²) in [5.41, 5.74) is 25.9. The number of furan rings is 4. The van der Waals surface area contributed by atoms with Gasteiger partial charge in [0.05, 0.1) is 23.8 Å². The molecule has 0 aliphatic heterocycles. The zero-order chi connectivity index (χ0) is 77.2. The minimum Gasteiger partial charge on any atom is -0.455 e. The van der Waals surface area contributed by atoms with Gasteiger partial charge in [-0.05, 0) is 173 Å². The summed E-state index contributed by atoms with van der Waals surface area (Å²) in [5.74, 6) is 0. The zero-order valence-corrected chi connectivity index (χ0v) is 64.5. The number of thiophene rings is 2. The van der Waals surface area contributed by atoms with Crippen LogP contribution in [0.4, 0.5) is 0 Å². The minimum absolute atomic E-state index is 0.833. The first-order valence-corrected chi connectivity index (χ1v) is 41.2. The van der Waals surface area contributed by atoms with E-state index >= 15 is 0 Å². The number of hydrogen-bond acceptors (Lipinski definition) is 10. The van der Waals surface area contributed by atoms with Crippen LogP contribution in [0.25, 0.3) is 261 Å². The molecular weight excluding hydrogens is 1480 g/mol. The minimum atomic E-state index is 0.833. The molecule has 0 atom stereocenters. The number of nitrogens with zero attached hydrogens (tertiary/aromatic N) is 4. The van der Waals surface area contributed by atoms with Crippen LogP contribution < -0.4 is 0 Å². The molecule has 0 unspecified atom stereocenters. The molecule has 118 heavy (non-hydrogen) atoms. The van der Waals surface area contributed by atoms with Crippen molar-refractivity contribution in [2.45, 2.75) is 0 Å². The van der Waals surface area contributed by atoms with Crippen LogP contribution in [-0.2, 0) is 0 Å². The molecule has 8 aromatic heterocycles. The smallest absolute Gasteiger partial charge is 0.143 e. The molecule has 0 N–H and O–H groups in total. The Morgan fingerprint density at radius 2 is 0.542 bits per heavy atom. The van der Waals surface area contributed by atoms with E-state index in [0.717, 1.165) is 218 Å². The molecule has 8 heterocycles. The fourth-order valence-electron chi connectivity index (χ4n) is 18.3. The second kappa shape index (κ2) is 26.2. The standard InChI is InChI=1S/2C54H30N2O2S/c1-3-15-38-31(9-1)21-24-46-49(38)42-19-7-17-40(52(42)57-46)35-12-5-11-33(27-35)34-23-26-48-44(29-34)51-54(59-48)55-30-45(56-51)37-14-6-13-36(28-37)41-18-8-20-43-50-39-16-4-2-10-32(39)22-25-47(50)58-53(41)43;1-3-17-38-35(11-1)28-42(52-49(38)40-19-5-7-21-46(40)57-52)33-14-9-13-31(25-33)32-23-24-48-44(27-32)51-54(59-48)55-30-45(56-51)37-16-10-15-34(26-37)43-29-36-12-2-4-18-39(36)50-41-20-6-8-22-47(41)58-53(43)50/h2*1-30H. The predicted molar refractivity (Wildman–Crippen MR) is 492 cm³/mol. The molecular formula is C108H60N4O4S2. The van der Waals surface area contributed by atoms with Gasteiger partial charge in [-0.3, -0.25) is 0 Å². The topological polar surface area (TPSA) is 104 Å². The third-order valence-corrected chi connectivity index (χ3v) is 26.0.